The highest BCUT2D eigenvalue weighted by Gasteiger charge is 2.33. The Morgan fingerprint density at radius 1 is 1.07 bits per heavy atom. The maximum atomic E-state index is 13.3. The molecular formula is C20H19F3N4O3. The van der Waals surface area contributed by atoms with E-state index in [0.717, 1.165) is 12.1 Å². The summed E-state index contributed by atoms with van der Waals surface area (Å²) in [6.45, 7) is 0.399. The highest BCUT2D eigenvalue weighted by Crippen LogP contribution is 2.34. The first kappa shape index (κ1) is 21.3. The molecule has 0 aliphatic carbocycles. The predicted molar refractivity (Wildman–Crippen MR) is 102 cm³/mol. The van der Waals surface area contributed by atoms with Gasteiger partial charge in [0.1, 0.15) is 0 Å². The lowest BCUT2D eigenvalue weighted by Gasteiger charge is -2.19. The van der Waals surface area contributed by atoms with Crippen molar-refractivity contribution in [1.29, 1.82) is 0 Å². The van der Waals surface area contributed by atoms with Crippen LogP contribution in [0.4, 0.5) is 18.9 Å². The molecule has 2 N–H and O–H groups in total. The Kier molecular flexibility index (Phi) is 6.34. The number of anilines is 1. The lowest BCUT2D eigenvalue weighted by molar-refractivity contribution is -0.137. The third-order valence-corrected chi connectivity index (χ3v) is 4.51. The number of carbonyl (C=O) groups is 3. The summed E-state index contributed by atoms with van der Waals surface area (Å²) in [5, 5.41) is 5.05. The molecule has 1 aliphatic rings. The van der Waals surface area contributed by atoms with Crippen molar-refractivity contribution < 1.29 is 27.6 Å². The van der Waals surface area contributed by atoms with Crippen LogP contribution in [0.15, 0.2) is 42.7 Å². The van der Waals surface area contributed by atoms with Crippen LogP contribution in [0.25, 0.3) is 0 Å². The van der Waals surface area contributed by atoms with Gasteiger partial charge in [-0.2, -0.15) is 13.2 Å². The SMILES string of the molecule is O=C(NCCNC(=O)c1cc(N2CCCC2=O)cc(C(F)(F)F)c1)c1cccnc1. The Balaban J connectivity index is 1.65. The minimum Gasteiger partial charge on any atom is -0.350 e. The van der Waals surface area contributed by atoms with E-state index < -0.39 is 17.6 Å². The number of aromatic nitrogens is 1. The summed E-state index contributed by atoms with van der Waals surface area (Å²) in [7, 11) is 0. The highest BCUT2D eigenvalue weighted by atomic mass is 19.4. The van der Waals surface area contributed by atoms with Gasteiger partial charge >= 0.3 is 6.18 Å². The number of halogens is 3. The summed E-state index contributed by atoms with van der Waals surface area (Å²) < 4.78 is 39.8. The Morgan fingerprint density at radius 2 is 1.77 bits per heavy atom. The first-order valence-electron chi connectivity index (χ1n) is 9.25. The number of nitrogens with one attached hydrogen (secondary N) is 2. The van der Waals surface area contributed by atoms with Crippen LogP contribution >= 0.6 is 0 Å². The van der Waals surface area contributed by atoms with Crippen LogP contribution < -0.4 is 15.5 Å². The normalized spacial score (nSPS) is 14.0. The fourth-order valence-electron chi connectivity index (χ4n) is 3.04. The van der Waals surface area contributed by atoms with E-state index in [2.05, 4.69) is 15.6 Å². The lowest BCUT2D eigenvalue weighted by atomic mass is 10.1. The summed E-state index contributed by atoms with van der Waals surface area (Å²) in [6.07, 6.45) is -0.944. The summed E-state index contributed by atoms with van der Waals surface area (Å²) in [6, 6.07) is 6.06. The third kappa shape index (κ3) is 5.13. The molecule has 10 heteroatoms. The second-order valence-electron chi connectivity index (χ2n) is 6.67. The maximum absolute atomic E-state index is 13.3. The molecule has 0 spiro atoms. The van der Waals surface area contributed by atoms with E-state index in [1.807, 2.05) is 0 Å². The molecule has 0 radical (unpaired) electrons. The largest absolute Gasteiger partial charge is 0.416 e. The Bertz CT molecular complexity index is 948. The zero-order chi connectivity index (χ0) is 21.7. The average Bonchev–Trinajstić information content (AvgIpc) is 3.16. The Hall–Kier alpha value is -3.43. The third-order valence-electron chi connectivity index (χ3n) is 4.51. The van der Waals surface area contributed by atoms with Crippen LogP contribution in [0.1, 0.15) is 39.1 Å². The predicted octanol–water partition coefficient (Wildman–Crippen LogP) is 2.39. The van der Waals surface area contributed by atoms with Gasteiger partial charge in [0, 0.05) is 49.7 Å². The highest BCUT2D eigenvalue weighted by molar-refractivity contribution is 5.99. The smallest absolute Gasteiger partial charge is 0.350 e. The van der Waals surface area contributed by atoms with Gasteiger partial charge in [0.15, 0.2) is 0 Å². The molecular weight excluding hydrogens is 401 g/mol. The van der Waals surface area contributed by atoms with Gasteiger partial charge in [-0.1, -0.05) is 0 Å². The van der Waals surface area contributed by atoms with E-state index in [4.69, 9.17) is 0 Å². The van der Waals surface area contributed by atoms with Gasteiger partial charge in [-0.15, -0.1) is 0 Å². The number of amides is 3. The van der Waals surface area contributed by atoms with Crippen molar-refractivity contribution in [3.8, 4) is 0 Å². The van der Waals surface area contributed by atoms with Gasteiger partial charge in [0.05, 0.1) is 11.1 Å². The van der Waals surface area contributed by atoms with Gasteiger partial charge in [-0.05, 0) is 36.8 Å². The van der Waals surface area contributed by atoms with Crippen LogP contribution in [0, 0.1) is 0 Å². The van der Waals surface area contributed by atoms with E-state index in [9.17, 15) is 27.6 Å². The fraction of sp³-hybridized carbons (Fsp3) is 0.300. The summed E-state index contributed by atoms with van der Waals surface area (Å²) in [5.41, 5.74) is -0.822. The van der Waals surface area contributed by atoms with E-state index in [-0.39, 0.29) is 42.6 Å². The van der Waals surface area contributed by atoms with Crippen molar-refractivity contribution in [1.82, 2.24) is 15.6 Å². The average molecular weight is 420 g/mol. The zero-order valence-electron chi connectivity index (χ0n) is 15.8. The molecule has 1 aromatic heterocycles. The first-order valence-corrected chi connectivity index (χ1v) is 9.25. The molecule has 2 aromatic rings. The molecule has 1 aliphatic heterocycles. The molecule has 0 bridgehead atoms. The Labute approximate surface area is 170 Å². The molecule has 1 saturated heterocycles. The van der Waals surface area contributed by atoms with Crippen LogP contribution in [0.2, 0.25) is 0 Å². The quantitative estimate of drug-likeness (QED) is 0.702. The van der Waals surface area contributed by atoms with E-state index in [1.54, 1.807) is 12.1 Å². The summed E-state index contributed by atoms with van der Waals surface area (Å²) in [5.74, 6) is -1.39. The van der Waals surface area contributed by atoms with Gasteiger partial charge < -0.3 is 15.5 Å². The van der Waals surface area contributed by atoms with Crippen LogP contribution in [0.5, 0.6) is 0 Å². The minimum atomic E-state index is -4.66. The summed E-state index contributed by atoms with van der Waals surface area (Å²) >= 11 is 0. The number of benzene rings is 1. The van der Waals surface area contributed by atoms with Crippen molar-refractivity contribution in [2.75, 3.05) is 24.5 Å². The number of hydrogen-bond acceptors (Lipinski definition) is 4. The van der Waals surface area contributed by atoms with Crippen molar-refractivity contribution in [2.45, 2.75) is 19.0 Å². The van der Waals surface area contributed by atoms with Gasteiger partial charge in [0.2, 0.25) is 5.91 Å². The monoisotopic (exact) mass is 420 g/mol. The second-order valence-corrected chi connectivity index (χ2v) is 6.67. The molecule has 1 fully saturated rings. The lowest BCUT2D eigenvalue weighted by Crippen LogP contribution is -2.35. The van der Waals surface area contributed by atoms with Gasteiger partial charge in [0.25, 0.3) is 11.8 Å². The van der Waals surface area contributed by atoms with Crippen molar-refractivity contribution in [2.24, 2.45) is 0 Å². The van der Waals surface area contributed by atoms with Gasteiger partial charge in [-0.25, -0.2) is 0 Å². The number of carbonyl (C=O) groups excluding carboxylic acids is 3. The maximum Gasteiger partial charge on any atom is 0.416 e. The molecule has 3 amide bonds. The number of pyridine rings is 1. The van der Waals surface area contributed by atoms with Crippen LogP contribution in [-0.2, 0) is 11.0 Å². The minimum absolute atomic E-state index is 0.0130. The Morgan fingerprint density at radius 3 is 2.33 bits per heavy atom. The van der Waals surface area contributed by atoms with Crippen LogP contribution in [-0.4, -0.2) is 42.3 Å². The molecule has 1 aromatic carbocycles. The first-order chi connectivity index (χ1) is 14.3. The molecule has 2 heterocycles. The van der Waals surface area contributed by atoms with Crippen molar-refractivity contribution in [3.05, 3.63) is 59.4 Å². The zero-order valence-corrected chi connectivity index (χ0v) is 15.8. The molecule has 7 nitrogen and oxygen atoms in total. The van der Waals surface area contributed by atoms with E-state index in [0.29, 0.717) is 18.5 Å². The number of alkyl halides is 3. The van der Waals surface area contributed by atoms with Gasteiger partial charge in [-0.3, -0.25) is 19.4 Å². The molecule has 0 unspecified atom stereocenters. The molecule has 0 saturated carbocycles. The molecule has 3 rings (SSSR count). The molecule has 30 heavy (non-hydrogen) atoms. The van der Waals surface area contributed by atoms with Crippen molar-refractivity contribution in [3.63, 3.8) is 0 Å². The second kappa shape index (κ2) is 8.93. The summed E-state index contributed by atoms with van der Waals surface area (Å²) in [4.78, 5) is 41.3. The number of rotatable bonds is 6. The number of nitrogens with zero attached hydrogens (tertiary/aromatic N) is 2. The van der Waals surface area contributed by atoms with Crippen molar-refractivity contribution >= 4 is 23.4 Å². The fourth-order valence-corrected chi connectivity index (χ4v) is 3.04. The standard InChI is InChI=1S/C20H19F3N4O3/c21-20(22,23)15-9-14(10-16(11-15)27-8-2-4-17(27)28)19(30)26-7-6-25-18(29)13-3-1-5-24-12-13/h1,3,5,9-12H,2,4,6-8H2,(H,25,29)(H,26,30). The van der Waals surface area contributed by atoms with E-state index >= 15 is 0 Å². The topological polar surface area (TPSA) is 91.4 Å². The molecule has 158 valence electrons. The number of hydrogen-bond donors (Lipinski definition) is 2. The van der Waals surface area contributed by atoms with E-state index in [1.165, 1.54) is 23.4 Å². The van der Waals surface area contributed by atoms with Crippen LogP contribution in [0.3, 0.4) is 0 Å². The molecule has 0 atom stereocenters.